The molecule has 0 aliphatic rings. The minimum Gasteiger partial charge on any atom is -0.496 e. The predicted molar refractivity (Wildman–Crippen MR) is 119 cm³/mol. The second-order valence-corrected chi connectivity index (χ2v) is 9.41. The first-order valence-electron chi connectivity index (χ1n) is 9.76. The van der Waals surface area contributed by atoms with Crippen molar-refractivity contribution in [1.29, 1.82) is 0 Å². The fraction of sp³-hybridized carbons (Fsp3) is 0.227. The summed E-state index contributed by atoms with van der Waals surface area (Å²) in [6.07, 6.45) is -5.54. The number of aromatic nitrogens is 1. The maximum atomic E-state index is 14.6. The molecule has 3 rings (SSSR count). The number of ether oxygens (including phenoxy) is 2. The van der Waals surface area contributed by atoms with Crippen LogP contribution in [0.4, 0.5) is 23.2 Å². The van der Waals surface area contributed by atoms with Gasteiger partial charge in [-0.15, -0.1) is 0 Å². The Morgan fingerprint density at radius 3 is 2.46 bits per heavy atom. The van der Waals surface area contributed by atoms with Crippen LogP contribution in [0, 0.1) is 5.82 Å². The molecule has 0 spiro atoms. The van der Waals surface area contributed by atoms with Gasteiger partial charge < -0.3 is 14.6 Å². The van der Waals surface area contributed by atoms with Gasteiger partial charge in [0.15, 0.2) is 0 Å². The topological polar surface area (TPSA) is 89.0 Å². The molecule has 188 valence electrons. The van der Waals surface area contributed by atoms with Crippen molar-refractivity contribution in [3.05, 3.63) is 82.4 Å². The van der Waals surface area contributed by atoms with Crippen molar-refractivity contribution in [1.82, 2.24) is 4.98 Å². The quantitative estimate of drug-likeness (QED) is 0.330. The molecule has 1 aromatic heterocycles. The number of methoxy groups -OCH3 is 2. The van der Waals surface area contributed by atoms with Crippen molar-refractivity contribution >= 4 is 27.3 Å². The van der Waals surface area contributed by atoms with Crippen molar-refractivity contribution in [2.75, 3.05) is 25.3 Å². The molecule has 1 heterocycles. The van der Waals surface area contributed by atoms with Crippen molar-refractivity contribution in [3.63, 3.8) is 0 Å². The van der Waals surface area contributed by atoms with Crippen LogP contribution in [-0.2, 0) is 20.9 Å². The Morgan fingerprint density at radius 2 is 1.83 bits per heavy atom. The number of aliphatic hydroxyl groups is 1. The Hall–Kier alpha value is -2.93. The van der Waals surface area contributed by atoms with E-state index >= 15 is 0 Å². The average Bonchev–Trinajstić information content (AvgIpc) is 2.81. The molecule has 13 heteroatoms. The Bertz CT molecular complexity index is 1320. The fourth-order valence-electron chi connectivity index (χ4n) is 3.29. The summed E-state index contributed by atoms with van der Waals surface area (Å²) in [5.41, 5.74) is -2.21. The fourth-order valence-corrected chi connectivity index (χ4v) is 4.88. The lowest BCUT2D eigenvalue weighted by molar-refractivity contribution is -0.137. The van der Waals surface area contributed by atoms with E-state index in [1.807, 2.05) is 0 Å². The largest absolute Gasteiger partial charge is 0.496 e. The van der Waals surface area contributed by atoms with Crippen LogP contribution in [0.15, 0.2) is 59.6 Å². The Balaban J connectivity index is 2.22. The van der Waals surface area contributed by atoms with Crippen molar-refractivity contribution < 1.29 is 40.6 Å². The monoisotopic (exact) mass is 534 g/mol. The summed E-state index contributed by atoms with van der Waals surface area (Å²) in [5, 5.41) is 11.0. The lowest BCUT2D eigenvalue weighted by atomic mass is 10.0. The molecule has 0 saturated heterocycles. The van der Waals surface area contributed by atoms with E-state index in [4.69, 9.17) is 21.1 Å². The SMILES string of the molecule is COCN(c1cc(Cl)cnc1C(O)c1c(F)cccc1OC)S(=O)(=O)c1cccc(C(F)(F)F)c1. The molecule has 0 aliphatic heterocycles. The standard InChI is InChI=1S/C22H19ClF4N2O5S/c1-33-12-29(35(31,32)15-6-3-5-13(9-15)22(25,26)27)17-10-14(23)11-28-20(17)21(30)19-16(24)7-4-8-18(19)34-2/h3-11,21,30H,12H2,1-2H3. The zero-order valence-electron chi connectivity index (χ0n) is 18.3. The molecule has 0 saturated carbocycles. The molecule has 0 amide bonds. The van der Waals surface area contributed by atoms with E-state index < -0.39 is 45.3 Å². The number of alkyl halides is 3. The summed E-state index contributed by atoms with van der Waals surface area (Å²) >= 11 is 6.03. The van der Waals surface area contributed by atoms with Crippen LogP contribution in [-0.4, -0.2) is 39.5 Å². The van der Waals surface area contributed by atoms with E-state index in [0.29, 0.717) is 10.4 Å². The van der Waals surface area contributed by atoms with Crippen molar-refractivity contribution in [2.24, 2.45) is 0 Å². The van der Waals surface area contributed by atoms with E-state index in [9.17, 15) is 31.1 Å². The van der Waals surface area contributed by atoms with Crippen LogP contribution < -0.4 is 9.04 Å². The number of halogens is 5. The molecule has 3 aromatic rings. The molecular formula is C22H19ClF4N2O5S. The van der Waals surface area contributed by atoms with Gasteiger partial charge in [0.1, 0.15) is 24.4 Å². The smallest absolute Gasteiger partial charge is 0.416 e. The molecule has 35 heavy (non-hydrogen) atoms. The lowest BCUT2D eigenvalue weighted by Crippen LogP contribution is -2.34. The van der Waals surface area contributed by atoms with Gasteiger partial charge in [-0.3, -0.25) is 4.98 Å². The molecular weight excluding hydrogens is 516 g/mol. The van der Waals surface area contributed by atoms with Gasteiger partial charge in [-0.1, -0.05) is 23.7 Å². The van der Waals surface area contributed by atoms with E-state index in [1.54, 1.807) is 0 Å². The second kappa shape index (κ2) is 10.4. The molecule has 1 unspecified atom stereocenters. The number of anilines is 1. The summed E-state index contributed by atoms with van der Waals surface area (Å²) < 4.78 is 91.8. The second-order valence-electron chi connectivity index (χ2n) is 7.11. The predicted octanol–water partition coefficient (Wildman–Crippen LogP) is 4.78. The highest BCUT2D eigenvalue weighted by molar-refractivity contribution is 7.92. The van der Waals surface area contributed by atoms with E-state index in [1.165, 1.54) is 19.2 Å². The number of sulfonamides is 1. The third-order valence-electron chi connectivity index (χ3n) is 4.89. The zero-order chi connectivity index (χ0) is 26.0. The van der Waals surface area contributed by atoms with Crippen molar-refractivity contribution in [3.8, 4) is 5.75 Å². The van der Waals surface area contributed by atoms with Crippen LogP contribution in [0.2, 0.25) is 5.02 Å². The van der Waals surface area contributed by atoms with Crippen LogP contribution in [0.5, 0.6) is 5.75 Å². The average molecular weight is 535 g/mol. The summed E-state index contributed by atoms with van der Waals surface area (Å²) in [6.45, 7) is -0.686. The first-order chi connectivity index (χ1) is 16.4. The summed E-state index contributed by atoms with van der Waals surface area (Å²) in [5.74, 6) is -0.905. The highest BCUT2D eigenvalue weighted by atomic mass is 35.5. The van der Waals surface area contributed by atoms with E-state index in [-0.39, 0.29) is 27.7 Å². The number of nitrogens with zero attached hydrogens (tertiary/aromatic N) is 2. The van der Waals surface area contributed by atoms with Crippen LogP contribution in [0.3, 0.4) is 0 Å². The summed E-state index contributed by atoms with van der Waals surface area (Å²) in [6, 6.07) is 8.00. The third kappa shape index (κ3) is 5.50. The van der Waals surface area contributed by atoms with Crippen LogP contribution >= 0.6 is 11.6 Å². The van der Waals surface area contributed by atoms with Gasteiger partial charge in [-0.25, -0.2) is 17.1 Å². The zero-order valence-corrected chi connectivity index (χ0v) is 19.8. The van der Waals surface area contributed by atoms with Gasteiger partial charge in [0.2, 0.25) is 0 Å². The first kappa shape index (κ1) is 26.7. The highest BCUT2D eigenvalue weighted by Crippen LogP contribution is 2.39. The minimum absolute atomic E-state index is 0.0424. The van der Waals surface area contributed by atoms with Gasteiger partial charge in [0.05, 0.1) is 39.5 Å². The Kier molecular flexibility index (Phi) is 7.90. The molecule has 7 nitrogen and oxygen atoms in total. The summed E-state index contributed by atoms with van der Waals surface area (Å²) in [4.78, 5) is 3.29. The molecule has 2 aromatic carbocycles. The Morgan fingerprint density at radius 1 is 1.14 bits per heavy atom. The van der Waals surface area contributed by atoms with Gasteiger partial charge in [0, 0.05) is 13.3 Å². The lowest BCUT2D eigenvalue weighted by Gasteiger charge is -2.27. The molecule has 0 fully saturated rings. The normalized spacial score (nSPS) is 12.9. The molecule has 0 aliphatic carbocycles. The number of aliphatic hydroxyl groups excluding tert-OH is 1. The van der Waals surface area contributed by atoms with Gasteiger partial charge in [-0.2, -0.15) is 13.2 Å². The first-order valence-corrected chi connectivity index (χ1v) is 11.6. The minimum atomic E-state index is -4.79. The van der Waals surface area contributed by atoms with Crippen molar-refractivity contribution in [2.45, 2.75) is 17.2 Å². The third-order valence-corrected chi connectivity index (χ3v) is 6.83. The molecule has 0 radical (unpaired) electrons. The van der Waals surface area contributed by atoms with E-state index in [2.05, 4.69) is 4.98 Å². The highest BCUT2D eigenvalue weighted by Gasteiger charge is 2.35. The number of pyridine rings is 1. The van der Waals surface area contributed by atoms with Gasteiger partial charge in [-0.05, 0) is 36.4 Å². The number of hydrogen-bond acceptors (Lipinski definition) is 6. The van der Waals surface area contributed by atoms with Crippen LogP contribution in [0.1, 0.15) is 22.9 Å². The maximum absolute atomic E-state index is 14.6. The van der Waals surface area contributed by atoms with Crippen LogP contribution in [0.25, 0.3) is 0 Å². The Labute approximate surface area is 203 Å². The summed E-state index contributed by atoms with van der Waals surface area (Å²) in [7, 11) is -2.30. The molecule has 0 bridgehead atoms. The maximum Gasteiger partial charge on any atom is 0.416 e. The molecule has 1 atom stereocenters. The number of rotatable bonds is 8. The number of benzene rings is 2. The molecule has 1 N–H and O–H groups in total. The van der Waals surface area contributed by atoms with Gasteiger partial charge in [0.25, 0.3) is 10.0 Å². The number of hydrogen-bond donors (Lipinski definition) is 1. The van der Waals surface area contributed by atoms with Gasteiger partial charge >= 0.3 is 6.18 Å². The van der Waals surface area contributed by atoms with E-state index in [0.717, 1.165) is 43.6 Å².